The van der Waals surface area contributed by atoms with Crippen LogP contribution < -0.4 is 5.32 Å². The minimum absolute atomic E-state index is 0.0365. The highest BCUT2D eigenvalue weighted by Gasteiger charge is 2.46. The van der Waals surface area contributed by atoms with Crippen LogP contribution in [0.5, 0.6) is 0 Å². The number of halogens is 2. The van der Waals surface area contributed by atoms with Crippen molar-refractivity contribution in [2.45, 2.75) is 44.7 Å². The van der Waals surface area contributed by atoms with Crippen molar-refractivity contribution in [2.24, 2.45) is 0 Å². The van der Waals surface area contributed by atoms with Crippen molar-refractivity contribution in [3.05, 3.63) is 53.4 Å². The molecule has 2 aromatic rings. The average molecular weight is 420 g/mol. The third-order valence-electron chi connectivity index (χ3n) is 5.53. The molecule has 1 spiro atoms. The van der Waals surface area contributed by atoms with E-state index in [0.717, 1.165) is 31.3 Å². The van der Waals surface area contributed by atoms with Crippen LogP contribution in [0.4, 0.5) is 8.78 Å². The number of aryl methyl sites for hydroxylation is 1. The molecule has 1 amide bonds. The summed E-state index contributed by atoms with van der Waals surface area (Å²) in [5, 5.41) is 7.02. The fourth-order valence-corrected chi connectivity index (χ4v) is 4.08. The van der Waals surface area contributed by atoms with E-state index in [4.69, 9.17) is 9.47 Å². The molecule has 2 atom stereocenters. The molecule has 0 saturated carbocycles. The van der Waals surface area contributed by atoms with Crippen molar-refractivity contribution in [1.29, 1.82) is 0 Å². The first kappa shape index (κ1) is 20.9. The van der Waals surface area contributed by atoms with Gasteiger partial charge in [0.05, 0.1) is 19.4 Å². The first-order valence-corrected chi connectivity index (χ1v) is 10.2. The number of amides is 1. The lowest BCUT2D eigenvalue weighted by atomic mass is 9.97. The van der Waals surface area contributed by atoms with Gasteiger partial charge in [0.2, 0.25) is 5.91 Å². The van der Waals surface area contributed by atoms with E-state index in [9.17, 15) is 13.6 Å². The van der Waals surface area contributed by atoms with Gasteiger partial charge >= 0.3 is 0 Å². The molecule has 0 radical (unpaired) electrons. The van der Waals surface area contributed by atoms with E-state index >= 15 is 0 Å². The van der Waals surface area contributed by atoms with E-state index < -0.39 is 23.3 Å². The molecule has 3 heterocycles. The van der Waals surface area contributed by atoms with E-state index in [1.807, 2.05) is 24.0 Å². The smallest absolute Gasteiger partial charge is 0.249 e. The first-order chi connectivity index (χ1) is 14.4. The molecule has 0 unspecified atom stereocenters. The maximum Gasteiger partial charge on any atom is 0.249 e. The lowest BCUT2D eigenvalue weighted by Crippen LogP contribution is -2.52. The van der Waals surface area contributed by atoms with Crippen LogP contribution in [0.3, 0.4) is 0 Å². The normalized spacial score (nSPS) is 24.4. The molecule has 1 aromatic heterocycles. The van der Waals surface area contributed by atoms with Gasteiger partial charge in [-0.1, -0.05) is 0 Å². The second kappa shape index (κ2) is 8.79. The monoisotopic (exact) mass is 420 g/mol. The van der Waals surface area contributed by atoms with Crippen LogP contribution in [-0.2, 0) is 33.9 Å². The maximum atomic E-state index is 13.3. The zero-order valence-electron chi connectivity index (χ0n) is 16.9. The van der Waals surface area contributed by atoms with Gasteiger partial charge in [-0.25, -0.2) is 8.78 Å². The summed E-state index contributed by atoms with van der Waals surface area (Å²) >= 11 is 0. The number of hydrogen-bond acceptors (Lipinski definition) is 5. The predicted molar refractivity (Wildman–Crippen MR) is 104 cm³/mol. The van der Waals surface area contributed by atoms with Crippen LogP contribution >= 0.6 is 0 Å². The summed E-state index contributed by atoms with van der Waals surface area (Å²) < 4.78 is 40.3. The highest BCUT2D eigenvalue weighted by molar-refractivity contribution is 5.81. The third-order valence-corrected chi connectivity index (χ3v) is 5.53. The Labute approximate surface area is 173 Å². The Balaban J connectivity index is 1.31. The zero-order valence-corrected chi connectivity index (χ0v) is 16.9. The molecular formula is C21H26F2N4O3. The lowest BCUT2D eigenvalue weighted by Gasteiger charge is -2.39. The summed E-state index contributed by atoms with van der Waals surface area (Å²) in [5.41, 5.74) is 0.983. The molecule has 1 aromatic carbocycles. The van der Waals surface area contributed by atoms with Crippen molar-refractivity contribution in [1.82, 2.24) is 20.0 Å². The van der Waals surface area contributed by atoms with Crippen molar-refractivity contribution in [2.75, 3.05) is 26.3 Å². The van der Waals surface area contributed by atoms with E-state index in [-0.39, 0.29) is 12.5 Å². The number of nitrogens with one attached hydrogen (secondary N) is 1. The maximum absolute atomic E-state index is 13.3. The van der Waals surface area contributed by atoms with Gasteiger partial charge in [0.1, 0.15) is 23.3 Å². The molecule has 7 nitrogen and oxygen atoms in total. The summed E-state index contributed by atoms with van der Waals surface area (Å²) in [6.45, 7) is 6.07. The second-order valence-electron chi connectivity index (χ2n) is 7.95. The standard InChI is InChI=1S/C21H26F2N4O3/c1-2-27-12-16(10-25-27)11-26-3-4-30-21(13-26)8-19(29-14-21)20(28)24-9-15-5-17(22)7-18(23)6-15/h5-7,10,12,19H,2-4,8-9,11,13-14H2,1H3,(H,24,28)/t19-,21+/m1/s1. The van der Waals surface area contributed by atoms with Crippen molar-refractivity contribution < 1.29 is 23.0 Å². The molecule has 9 heteroatoms. The van der Waals surface area contributed by atoms with Crippen LogP contribution in [0, 0.1) is 11.6 Å². The van der Waals surface area contributed by atoms with Crippen LogP contribution in [0.15, 0.2) is 30.6 Å². The van der Waals surface area contributed by atoms with E-state index in [0.29, 0.717) is 31.7 Å². The molecule has 1 N–H and O–H groups in total. The fourth-order valence-electron chi connectivity index (χ4n) is 4.08. The van der Waals surface area contributed by atoms with Crippen LogP contribution in [0.1, 0.15) is 24.5 Å². The van der Waals surface area contributed by atoms with Gasteiger partial charge in [-0.2, -0.15) is 5.10 Å². The van der Waals surface area contributed by atoms with Gasteiger partial charge in [0, 0.05) is 57.0 Å². The van der Waals surface area contributed by atoms with Crippen molar-refractivity contribution >= 4 is 5.91 Å². The highest BCUT2D eigenvalue weighted by Crippen LogP contribution is 2.32. The molecule has 0 bridgehead atoms. The van der Waals surface area contributed by atoms with E-state index in [1.165, 1.54) is 12.1 Å². The van der Waals surface area contributed by atoms with E-state index in [2.05, 4.69) is 15.3 Å². The highest BCUT2D eigenvalue weighted by atomic mass is 19.1. The van der Waals surface area contributed by atoms with Gasteiger partial charge in [-0.3, -0.25) is 14.4 Å². The van der Waals surface area contributed by atoms with E-state index in [1.54, 1.807) is 0 Å². The number of benzene rings is 1. The van der Waals surface area contributed by atoms with Crippen LogP contribution in [0.25, 0.3) is 0 Å². The minimum Gasteiger partial charge on any atom is -0.370 e. The summed E-state index contributed by atoms with van der Waals surface area (Å²) in [6, 6.07) is 3.20. The van der Waals surface area contributed by atoms with Crippen LogP contribution in [-0.4, -0.2) is 58.6 Å². The number of hydrogen-bond donors (Lipinski definition) is 1. The molecule has 30 heavy (non-hydrogen) atoms. The predicted octanol–water partition coefficient (Wildman–Crippen LogP) is 1.86. The molecule has 2 aliphatic heterocycles. The number of morpholine rings is 1. The Morgan fingerprint density at radius 1 is 1.30 bits per heavy atom. The quantitative estimate of drug-likeness (QED) is 0.773. The third kappa shape index (κ3) is 4.85. The van der Waals surface area contributed by atoms with Gasteiger partial charge in [-0.15, -0.1) is 0 Å². The number of carbonyl (C=O) groups is 1. The molecule has 2 fully saturated rings. The zero-order chi connectivity index (χ0) is 21.1. The Morgan fingerprint density at radius 3 is 2.83 bits per heavy atom. The number of nitrogens with zero attached hydrogens (tertiary/aromatic N) is 3. The summed E-state index contributed by atoms with van der Waals surface area (Å²) in [4.78, 5) is 14.8. The Kier molecular flexibility index (Phi) is 6.12. The largest absolute Gasteiger partial charge is 0.370 e. The first-order valence-electron chi connectivity index (χ1n) is 10.2. The summed E-state index contributed by atoms with van der Waals surface area (Å²) in [7, 11) is 0. The fraction of sp³-hybridized carbons (Fsp3) is 0.524. The molecule has 2 aliphatic rings. The SMILES string of the molecule is CCn1cc(CN2CCO[C@]3(CO[C@@H](C(=O)NCc4cc(F)cc(F)c4)C3)C2)cn1. The van der Waals surface area contributed by atoms with Crippen molar-refractivity contribution in [3.63, 3.8) is 0 Å². The lowest BCUT2D eigenvalue weighted by molar-refractivity contribution is -0.130. The number of aromatic nitrogens is 2. The molecule has 162 valence electrons. The summed E-state index contributed by atoms with van der Waals surface area (Å²) in [5.74, 6) is -1.65. The summed E-state index contributed by atoms with van der Waals surface area (Å²) in [6.07, 6.45) is 3.72. The molecule has 2 saturated heterocycles. The van der Waals surface area contributed by atoms with Gasteiger partial charge in [0.15, 0.2) is 0 Å². The average Bonchev–Trinajstić information content (AvgIpc) is 3.33. The Bertz CT molecular complexity index is 886. The van der Waals surface area contributed by atoms with Gasteiger partial charge < -0.3 is 14.8 Å². The van der Waals surface area contributed by atoms with Gasteiger partial charge in [-0.05, 0) is 24.6 Å². The molecular weight excluding hydrogens is 394 g/mol. The number of ether oxygens (including phenoxy) is 2. The number of carbonyl (C=O) groups excluding carboxylic acids is 1. The minimum atomic E-state index is -0.671. The second-order valence-corrected chi connectivity index (χ2v) is 7.95. The molecule has 4 rings (SSSR count). The molecule has 0 aliphatic carbocycles. The van der Waals surface area contributed by atoms with Gasteiger partial charge in [0.25, 0.3) is 0 Å². The Morgan fingerprint density at radius 2 is 2.10 bits per heavy atom. The van der Waals surface area contributed by atoms with Crippen molar-refractivity contribution in [3.8, 4) is 0 Å². The number of rotatable bonds is 6. The van der Waals surface area contributed by atoms with Crippen LogP contribution in [0.2, 0.25) is 0 Å². The topological polar surface area (TPSA) is 68.6 Å². The Hall–Kier alpha value is -2.36.